The molecule has 0 aliphatic heterocycles. The maximum atomic E-state index is 12.7. The van der Waals surface area contributed by atoms with Crippen molar-refractivity contribution in [2.24, 2.45) is 0 Å². The molecule has 0 radical (unpaired) electrons. The minimum atomic E-state index is -1.03. The number of aliphatic hydroxyl groups is 2. The zero-order valence-corrected chi connectivity index (χ0v) is 12.3. The van der Waals surface area contributed by atoms with Gasteiger partial charge in [-0.15, -0.1) is 0 Å². The molecule has 3 aromatic rings. The van der Waals surface area contributed by atoms with Gasteiger partial charge in [0, 0.05) is 11.6 Å². The molecule has 0 fully saturated rings. The molecule has 0 aliphatic rings. The fourth-order valence-corrected chi connectivity index (χ4v) is 2.46. The first-order valence-corrected chi connectivity index (χ1v) is 7.18. The molecule has 3 N–H and O–H groups in total. The van der Waals surface area contributed by atoms with Crippen LogP contribution in [-0.4, -0.2) is 43.4 Å². The lowest BCUT2D eigenvalue weighted by atomic mass is 10.1. The summed E-state index contributed by atoms with van der Waals surface area (Å²) in [4.78, 5) is 17.0. The van der Waals surface area contributed by atoms with Crippen molar-refractivity contribution in [3.05, 3.63) is 59.9 Å². The van der Waals surface area contributed by atoms with E-state index in [1.807, 2.05) is 6.07 Å². The molecule has 0 saturated heterocycles. The van der Waals surface area contributed by atoms with Crippen molar-refractivity contribution in [2.75, 3.05) is 6.61 Å². The zero-order chi connectivity index (χ0) is 16.4. The lowest BCUT2D eigenvalue weighted by molar-refractivity contribution is 0.0804. The number of carbonyl (C=O) groups is 1. The molecular weight excluding hydrogens is 296 g/mol. The maximum Gasteiger partial charge on any atom is 0.228 e. The highest BCUT2D eigenvalue weighted by Crippen LogP contribution is 2.23. The number of ketones is 1. The third-order valence-electron chi connectivity index (χ3n) is 3.57. The number of imidazole rings is 1. The first kappa shape index (κ1) is 15.2. The van der Waals surface area contributed by atoms with Crippen molar-refractivity contribution in [1.29, 1.82) is 0 Å². The summed E-state index contributed by atoms with van der Waals surface area (Å²) in [6.07, 6.45) is -1.03. The van der Waals surface area contributed by atoms with Crippen LogP contribution in [0.2, 0.25) is 0 Å². The lowest BCUT2D eigenvalue weighted by Crippen LogP contribution is -2.23. The fraction of sp³-hybridized carbons (Fsp3) is 0.176. The van der Waals surface area contributed by atoms with Gasteiger partial charge in [0.1, 0.15) is 5.75 Å². The van der Waals surface area contributed by atoms with E-state index in [9.17, 15) is 15.0 Å². The van der Waals surface area contributed by atoms with Crippen LogP contribution < -0.4 is 0 Å². The molecule has 2 aromatic carbocycles. The van der Waals surface area contributed by atoms with Crippen LogP contribution in [0, 0.1) is 0 Å². The molecular formula is C17H16N2O4. The minimum Gasteiger partial charge on any atom is -0.508 e. The number of phenols is 1. The molecule has 0 amide bonds. The van der Waals surface area contributed by atoms with Crippen LogP contribution >= 0.6 is 0 Å². The Balaban J connectivity index is 2.15. The van der Waals surface area contributed by atoms with Gasteiger partial charge in [0.05, 0.1) is 30.3 Å². The summed E-state index contributed by atoms with van der Waals surface area (Å²) in [5.74, 6) is -0.0911. The van der Waals surface area contributed by atoms with Crippen molar-refractivity contribution >= 4 is 16.8 Å². The Bertz CT molecular complexity index is 842. The molecule has 1 aromatic heterocycles. The Morgan fingerprint density at radius 2 is 1.91 bits per heavy atom. The number of benzene rings is 2. The number of nitrogens with zero attached hydrogens (tertiary/aromatic N) is 2. The maximum absolute atomic E-state index is 12.7. The highest BCUT2D eigenvalue weighted by Gasteiger charge is 2.21. The molecule has 3 rings (SSSR count). The Morgan fingerprint density at radius 1 is 1.17 bits per heavy atom. The van der Waals surface area contributed by atoms with E-state index in [0.29, 0.717) is 16.6 Å². The Labute approximate surface area is 132 Å². The van der Waals surface area contributed by atoms with Crippen LogP contribution in [0.3, 0.4) is 0 Å². The van der Waals surface area contributed by atoms with E-state index in [1.165, 1.54) is 16.7 Å². The first-order chi connectivity index (χ1) is 11.1. The summed E-state index contributed by atoms with van der Waals surface area (Å²) in [5, 5.41) is 28.5. The molecule has 1 unspecified atom stereocenters. The third kappa shape index (κ3) is 2.94. The van der Waals surface area contributed by atoms with Gasteiger partial charge in [0.2, 0.25) is 5.78 Å². The van der Waals surface area contributed by atoms with Crippen LogP contribution in [-0.2, 0) is 6.54 Å². The van der Waals surface area contributed by atoms with Crippen LogP contribution in [0.5, 0.6) is 5.75 Å². The Kier molecular flexibility index (Phi) is 4.10. The minimum absolute atomic E-state index is 0.00433. The summed E-state index contributed by atoms with van der Waals surface area (Å²) >= 11 is 0. The van der Waals surface area contributed by atoms with Gasteiger partial charge in [0.15, 0.2) is 5.82 Å². The number of phenolic OH excluding ortho intramolecular Hbond substituents is 1. The summed E-state index contributed by atoms with van der Waals surface area (Å²) in [5.41, 5.74) is 1.54. The highest BCUT2D eigenvalue weighted by molar-refractivity contribution is 6.08. The highest BCUT2D eigenvalue weighted by atomic mass is 16.3. The standard InChI is InChI=1S/C17H16N2O4/c20-10-13(22)9-19-15-8-12(21)6-7-14(15)18-17(19)16(23)11-4-2-1-3-5-11/h1-8,13,20-22H,9-10H2. The van der Waals surface area contributed by atoms with E-state index in [4.69, 9.17) is 5.11 Å². The average molecular weight is 312 g/mol. The smallest absolute Gasteiger partial charge is 0.228 e. The van der Waals surface area contributed by atoms with Gasteiger partial charge in [-0.2, -0.15) is 0 Å². The monoisotopic (exact) mass is 312 g/mol. The zero-order valence-electron chi connectivity index (χ0n) is 12.3. The van der Waals surface area contributed by atoms with E-state index in [-0.39, 0.29) is 23.9 Å². The predicted molar refractivity (Wildman–Crippen MR) is 84.4 cm³/mol. The molecule has 6 heteroatoms. The van der Waals surface area contributed by atoms with Crippen LogP contribution in [0.1, 0.15) is 16.2 Å². The number of hydrogen-bond donors (Lipinski definition) is 3. The Morgan fingerprint density at radius 3 is 2.61 bits per heavy atom. The lowest BCUT2D eigenvalue weighted by Gasteiger charge is -2.12. The average Bonchev–Trinajstić information content (AvgIpc) is 2.92. The summed E-state index contributed by atoms with van der Waals surface area (Å²) in [7, 11) is 0. The molecule has 23 heavy (non-hydrogen) atoms. The van der Waals surface area contributed by atoms with E-state index in [1.54, 1.807) is 30.3 Å². The summed E-state index contributed by atoms with van der Waals surface area (Å²) < 4.78 is 1.52. The first-order valence-electron chi connectivity index (χ1n) is 7.18. The number of fused-ring (bicyclic) bond motifs is 1. The quantitative estimate of drug-likeness (QED) is 0.618. The van der Waals surface area contributed by atoms with Gasteiger partial charge >= 0.3 is 0 Å². The van der Waals surface area contributed by atoms with Gasteiger partial charge in [-0.1, -0.05) is 30.3 Å². The molecule has 0 spiro atoms. The number of aliphatic hydroxyl groups excluding tert-OH is 2. The second-order valence-electron chi connectivity index (χ2n) is 5.25. The second-order valence-corrected chi connectivity index (χ2v) is 5.25. The molecule has 0 aliphatic carbocycles. The normalized spacial score (nSPS) is 12.4. The molecule has 118 valence electrons. The van der Waals surface area contributed by atoms with Crippen LogP contribution in [0.4, 0.5) is 0 Å². The van der Waals surface area contributed by atoms with Gasteiger partial charge in [-0.3, -0.25) is 4.79 Å². The molecule has 1 heterocycles. The van der Waals surface area contributed by atoms with Crippen molar-refractivity contribution in [3.63, 3.8) is 0 Å². The second kappa shape index (κ2) is 6.20. The van der Waals surface area contributed by atoms with E-state index in [0.717, 1.165) is 0 Å². The fourth-order valence-electron chi connectivity index (χ4n) is 2.46. The van der Waals surface area contributed by atoms with Crippen LogP contribution in [0.15, 0.2) is 48.5 Å². The summed E-state index contributed by atoms with van der Waals surface area (Å²) in [6, 6.07) is 13.3. The van der Waals surface area contributed by atoms with Crippen molar-refractivity contribution in [2.45, 2.75) is 12.6 Å². The molecule has 1 atom stereocenters. The molecule has 0 saturated carbocycles. The van der Waals surface area contributed by atoms with Crippen molar-refractivity contribution < 1.29 is 20.1 Å². The SMILES string of the molecule is O=C(c1ccccc1)c1nc2ccc(O)cc2n1CC(O)CO. The van der Waals surface area contributed by atoms with Gasteiger partial charge in [-0.25, -0.2) is 4.98 Å². The Hall–Kier alpha value is -2.70. The largest absolute Gasteiger partial charge is 0.508 e. The number of carbonyl (C=O) groups excluding carboxylic acids is 1. The van der Waals surface area contributed by atoms with E-state index in [2.05, 4.69) is 4.98 Å². The van der Waals surface area contributed by atoms with E-state index >= 15 is 0 Å². The van der Waals surface area contributed by atoms with Gasteiger partial charge in [-0.05, 0) is 12.1 Å². The van der Waals surface area contributed by atoms with Crippen LogP contribution in [0.25, 0.3) is 11.0 Å². The number of rotatable bonds is 5. The number of hydrogen-bond acceptors (Lipinski definition) is 5. The van der Waals surface area contributed by atoms with E-state index < -0.39 is 12.7 Å². The predicted octanol–water partition coefficient (Wildman–Crippen LogP) is 1.33. The third-order valence-corrected chi connectivity index (χ3v) is 3.57. The van der Waals surface area contributed by atoms with Gasteiger partial charge in [0.25, 0.3) is 0 Å². The number of aromatic hydroxyl groups is 1. The van der Waals surface area contributed by atoms with Crippen molar-refractivity contribution in [3.8, 4) is 5.75 Å². The van der Waals surface area contributed by atoms with Crippen molar-refractivity contribution in [1.82, 2.24) is 9.55 Å². The molecule has 6 nitrogen and oxygen atoms in total. The number of aromatic nitrogens is 2. The summed E-state index contributed by atoms with van der Waals surface area (Å²) in [6.45, 7) is -0.429. The molecule has 0 bridgehead atoms. The topological polar surface area (TPSA) is 95.6 Å². The van der Waals surface area contributed by atoms with Gasteiger partial charge < -0.3 is 19.9 Å².